The first-order valence-corrected chi connectivity index (χ1v) is 22.1. The number of para-hydroxylation sites is 1. The van der Waals surface area contributed by atoms with Crippen LogP contribution < -0.4 is 27.9 Å². The molecule has 0 bridgehead atoms. The van der Waals surface area contributed by atoms with Crippen LogP contribution in [0.4, 0.5) is 5.95 Å². The number of halogens is 1. The average Bonchev–Trinajstić information content (AvgIpc) is 3.57. The van der Waals surface area contributed by atoms with Crippen molar-refractivity contribution in [2.24, 2.45) is 5.41 Å². The van der Waals surface area contributed by atoms with E-state index in [1.54, 1.807) is 6.07 Å². The second kappa shape index (κ2) is 19.9. The van der Waals surface area contributed by atoms with Crippen molar-refractivity contribution in [1.82, 2.24) is 40.7 Å². The third kappa shape index (κ3) is 10.6. The lowest BCUT2D eigenvalue weighted by molar-refractivity contribution is -0.870. The number of fused-ring (bicyclic) bond motifs is 3. The Hall–Kier alpha value is -3.92. The number of aromatic amines is 1. The van der Waals surface area contributed by atoms with E-state index < -0.39 is 0 Å². The summed E-state index contributed by atoms with van der Waals surface area (Å²) in [5.74, 6) is 1.46. The molecule has 3 fully saturated rings. The number of hydrogen-bond acceptors (Lipinski definition) is 11. The summed E-state index contributed by atoms with van der Waals surface area (Å²) in [6, 6.07) is 10.1. The first kappa shape index (κ1) is 44.1. The number of unbranched alkanes of at least 4 members (excludes halogenated alkanes) is 2. The number of aromatic nitrogens is 5. The molecule has 1 amide bonds. The number of ether oxygens (including phenoxy) is 2. The quantitative estimate of drug-likeness (QED) is 0.0810. The van der Waals surface area contributed by atoms with E-state index in [1.807, 2.05) is 18.2 Å². The van der Waals surface area contributed by atoms with E-state index in [4.69, 9.17) is 19.4 Å². The number of aromatic hydroxyl groups is 1. The number of nitrogens with zero attached hydrogens (tertiary/aromatic N) is 7. The number of phenols is 1. The van der Waals surface area contributed by atoms with Crippen LogP contribution in [0.1, 0.15) is 86.6 Å². The lowest BCUT2D eigenvalue weighted by atomic mass is 9.61. The van der Waals surface area contributed by atoms with E-state index in [9.17, 15) is 9.90 Å². The Morgan fingerprint density at radius 3 is 2.43 bits per heavy atom. The third-order valence-corrected chi connectivity index (χ3v) is 13.2. The predicted molar refractivity (Wildman–Crippen MR) is 229 cm³/mol. The van der Waals surface area contributed by atoms with E-state index >= 15 is 0 Å². The fourth-order valence-corrected chi connectivity index (χ4v) is 9.58. The third-order valence-electron chi connectivity index (χ3n) is 13.2. The van der Waals surface area contributed by atoms with Gasteiger partial charge in [0, 0.05) is 79.7 Å². The number of benzene rings is 1. The van der Waals surface area contributed by atoms with Gasteiger partial charge in [-0.2, -0.15) is 0 Å². The van der Waals surface area contributed by atoms with Gasteiger partial charge in [-0.25, -0.2) is 9.97 Å². The second-order valence-corrected chi connectivity index (χ2v) is 18.5. The number of piperidine rings is 1. The molecule has 1 spiro atoms. The maximum atomic E-state index is 12.5. The van der Waals surface area contributed by atoms with Crippen molar-refractivity contribution < 1.29 is 36.3 Å². The van der Waals surface area contributed by atoms with Gasteiger partial charge >= 0.3 is 0 Å². The normalized spacial score (nSPS) is 19.4. The van der Waals surface area contributed by atoms with Crippen molar-refractivity contribution in [1.29, 1.82) is 0 Å². The summed E-state index contributed by atoms with van der Waals surface area (Å²) in [6.45, 7) is 9.26. The standard InChI is InChI=1S/C45H64N10O4.ClH/c1-55(2,3)20-22-59-24-23-58-21-15-41(57)47-16-8-4-5-10-39-42-36-25-38(35-9-6-7-11-40(35)56)51-52-43(36)50-37(42)14-19-54(39)44-48-28-33(29-49-44)32-12-17-53(18-13-32)34-26-45(27-34)30-46-31-45;/h6-7,9,11,25,28-29,32,34,39,46H,4-5,8,10,12-24,26-27,30-31H2,1-3H3,(H2-,47,50,51,52,56,57);1H. The zero-order valence-electron chi connectivity index (χ0n) is 35.8. The molecule has 326 valence electrons. The van der Waals surface area contributed by atoms with Gasteiger partial charge in [0.2, 0.25) is 11.9 Å². The fourth-order valence-electron chi connectivity index (χ4n) is 9.58. The van der Waals surface area contributed by atoms with E-state index in [-0.39, 0.29) is 30.1 Å². The highest BCUT2D eigenvalue weighted by Crippen LogP contribution is 2.48. The summed E-state index contributed by atoms with van der Waals surface area (Å²) < 4.78 is 12.1. The van der Waals surface area contributed by atoms with E-state index in [0.717, 1.165) is 98.6 Å². The van der Waals surface area contributed by atoms with Gasteiger partial charge in [-0.1, -0.05) is 25.0 Å². The first-order valence-electron chi connectivity index (χ1n) is 22.1. The van der Waals surface area contributed by atoms with Gasteiger partial charge in [0.15, 0.2) is 5.65 Å². The summed E-state index contributed by atoms with van der Waals surface area (Å²) in [5, 5.41) is 27.3. The lowest BCUT2D eigenvalue weighted by Gasteiger charge is -2.58. The molecule has 8 rings (SSSR count). The van der Waals surface area contributed by atoms with Crippen molar-refractivity contribution in [2.75, 3.05) is 98.3 Å². The number of likely N-dealkylation sites (tertiary alicyclic amines) is 1. The molecule has 1 atom stereocenters. The Labute approximate surface area is 361 Å². The molecule has 1 saturated carbocycles. The molecule has 1 aromatic carbocycles. The molecule has 1 aliphatic carbocycles. The summed E-state index contributed by atoms with van der Waals surface area (Å²) in [4.78, 5) is 31.3. The molecule has 14 nitrogen and oxygen atoms in total. The topological polar surface area (TPSA) is 154 Å². The van der Waals surface area contributed by atoms with Gasteiger partial charge in [-0.05, 0) is 86.7 Å². The Kier molecular flexibility index (Phi) is 14.6. The molecule has 4 aromatic rings. The van der Waals surface area contributed by atoms with Crippen molar-refractivity contribution in [2.45, 2.75) is 82.2 Å². The number of hydrogen-bond donors (Lipinski definition) is 4. The monoisotopic (exact) mass is 844 g/mol. The molecule has 4 aliphatic rings. The molecular weight excluding hydrogens is 780 g/mol. The highest BCUT2D eigenvalue weighted by atomic mass is 35.5. The molecule has 3 aliphatic heterocycles. The van der Waals surface area contributed by atoms with Crippen LogP contribution in [0.5, 0.6) is 5.75 Å². The van der Waals surface area contributed by atoms with Crippen LogP contribution in [0, 0.1) is 5.41 Å². The highest BCUT2D eigenvalue weighted by Gasteiger charge is 2.50. The number of amides is 1. The van der Waals surface area contributed by atoms with Crippen LogP contribution >= 0.6 is 0 Å². The molecule has 0 radical (unpaired) electrons. The van der Waals surface area contributed by atoms with E-state index in [2.05, 4.69) is 75.2 Å². The number of carbonyl (C=O) groups is 1. The number of carbonyl (C=O) groups excluding carboxylic acids is 1. The van der Waals surface area contributed by atoms with Crippen molar-refractivity contribution in [3.63, 3.8) is 0 Å². The minimum atomic E-state index is 0. The molecular formula is C45H65ClN10O4. The van der Waals surface area contributed by atoms with E-state index in [0.29, 0.717) is 62.0 Å². The fraction of sp³-hybridized carbons (Fsp3) is 0.622. The number of anilines is 1. The molecule has 2 saturated heterocycles. The van der Waals surface area contributed by atoms with Gasteiger partial charge in [0.25, 0.3) is 0 Å². The Bertz CT molecular complexity index is 2000. The van der Waals surface area contributed by atoms with Gasteiger partial charge in [0.05, 0.1) is 59.3 Å². The largest absolute Gasteiger partial charge is 1.00 e. The predicted octanol–water partition coefficient (Wildman–Crippen LogP) is 1.97. The van der Waals surface area contributed by atoms with Crippen molar-refractivity contribution in [3.8, 4) is 17.0 Å². The molecule has 3 aromatic heterocycles. The minimum absolute atomic E-state index is 0. The second-order valence-electron chi connectivity index (χ2n) is 18.5. The van der Waals surface area contributed by atoms with Crippen LogP contribution in [-0.2, 0) is 20.7 Å². The van der Waals surface area contributed by atoms with Crippen LogP contribution in [0.15, 0.2) is 42.7 Å². The maximum Gasteiger partial charge on any atom is 0.225 e. The average molecular weight is 846 g/mol. The summed E-state index contributed by atoms with van der Waals surface area (Å²) in [5.41, 5.74) is 6.29. The zero-order chi connectivity index (χ0) is 40.8. The minimum Gasteiger partial charge on any atom is -1.00 e. The summed E-state index contributed by atoms with van der Waals surface area (Å²) >= 11 is 0. The summed E-state index contributed by atoms with van der Waals surface area (Å²) in [7, 11) is 6.43. The maximum absolute atomic E-state index is 12.5. The van der Waals surface area contributed by atoms with Gasteiger partial charge in [-0.3, -0.25) is 4.79 Å². The van der Waals surface area contributed by atoms with Crippen LogP contribution in [0.3, 0.4) is 0 Å². The molecule has 15 heteroatoms. The molecule has 60 heavy (non-hydrogen) atoms. The van der Waals surface area contributed by atoms with Gasteiger partial charge in [-0.15, -0.1) is 10.2 Å². The van der Waals surface area contributed by atoms with Gasteiger partial charge in [0.1, 0.15) is 12.3 Å². The van der Waals surface area contributed by atoms with Crippen molar-refractivity contribution >= 4 is 22.9 Å². The van der Waals surface area contributed by atoms with Crippen LogP contribution in [0.25, 0.3) is 22.3 Å². The van der Waals surface area contributed by atoms with E-state index in [1.165, 1.54) is 42.8 Å². The van der Waals surface area contributed by atoms with Crippen LogP contribution in [0.2, 0.25) is 0 Å². The number of H-pyrrole nitrogens is 1. The van der Waals surface area contributed by atoms with Crippen LogP contribution in [-0.4, -0.2) is 145 Å². The highest BCUT2D eigenvalue weighted by molar-refractivity contribution is 5.86. The number of phenolic OH excluding ortho intramolecular Hbond substituents is 1. The lowest BCUT2D eigenvalue weighted by Crippen LogP contribution is -3.00. The number of nitrogens with one attached hydrogen (secondary N) is 3. The molecule has 6 heterocycles. The Morgan fingerprint density at radius 2 is 1.72 bits per heavy atom. The van der Waals surface area contributed by atoms with Gasteiger partial charge < -0.3 is 56.9 Å². The summed E-state index contributed by atoms with van der Waals surface area (Å²) in [6.07, 6.45) is 14.1. The number of likely N-dealkylation sites (N-methyl/N-ethyl adjacent to an activating group) is 1. The Morgan fingerprint density at radius 1 is 0.967 bits per heavy atom. The molecule has 1 unspecified atom stereocenters. The SMILES string of the molecule is C[N+](C)(C)CCOCCOCCC(=O)NCCCCCC1c2c([nH]c3nnc(-c4ccccc4O)cc23)CCN1c1ncc(C2CCN(C3CC4(CNC4)C3)CC2)cn1.[Cl-]. The van der Waals surface area contributed by atoms with Crippen molar-refractivity contribution in [3.05, 3.63) is 59.5 Å². The number of rotatable bonds is 19. The molecule has 4 N–H and O–H groups in total. The Balaban J connectivity index is 0.00000544. The zero-order valence-corrected chi connectivity index (χ0v) is 36.6. The first-order chi connectivity index (χ1) is 28.6. The smallest absolute Gasteiger partial charge is 0.225 e. The number of quaternary nitrogens is 1.